The average molecular weight is 254 g/mol. The van der Waals surface area contributed by atoms with E-state index in [0.29, 0.717) is 6.04 Å². The van der Waals surface area contributed by atoms with E-state index >= 15 is 0 Å². The van der Waals surface area contributed by atoms with E-state index < -0.39 is 0 Å². The normalized spacial score (nSPS) is 18.8. The Hall–Kier alpha value is -0.730. The van der Waals surface area contributed by atoms with Gasteiger partial charge in [0.15, 0.2) is 0 Å². The van der Waals surface area contributed by atoms with Crippen molar-refractivity contribution in [2.75, 3.05) is 13.1 Å². The predicted molar refractivity (Wildman–Crippen MR) is 78.1 cm³/mol. The van der Waals surface area contributed by atoms with Crippen molar-refractivity contribution >= 4 is 6.02 Å². The van der Waals surface area contributed by atoms with E-state index in [4.69, 9.17) is 4.74 Å². The first kappa shape index (κ1) is 15.3. The van der Waals surface area contributed by atoms with E-state index in [-0.39, 0.29) is 5.60 Å². The molecule has 1 aliphatic rings. The molecular formula is C15H30N2O. The van der Waals surface area contributed by atoms with Crippen molar-refractivity contribution in [3.8, 4) is 0 Å². The molecule has 0 aromatic rings. The molecule has 1 rings (SSSR count). The summed E-state index contributed by atoms with van der Waals surface area (Å²) in [4.78, 5) is 6.95. The van der Waals surface area contributed by atoms with Crippen LogP contribution in [0.2, 0.25) is 0 Å². The van der Waals surface area contributed by atoms with Crippen LogP contribution in [-0.2, 0) is 4.74 Å². The quantitative estimate of drug-likeness (QED) is 0.565. The topological polar surface area (TPSA) is 24.8 Å². The lowest BCUT2D eigenvalue weighted by Gasteiger charge is -2.37. The molecule has 1 saturated carbocycles. The molecule has 18 heavy (non-hydrogen) atoms. The van der Waals surface area contributed by atoms with E-state index in [1.165, 1.54) is 32.1 Å². The maximum atomic E-state index is 6.06. The minimum absolute atomic E-state index is 0.171. The molecule has 0 atom stereocenters. The highest BCUT2D eigenvalue weighted by molar-refractivity contribution is 5.74. The molecule has 0 aromatic heterocycles. The van der Waals surface area contributed by atoms with Crippen molar-refractivity contribution in [1.29, 1.82) is 0 Å². The number of amidine groups is 1. The number of aliphatic imine (C=N–C) groups is 1. The lowest BCUT2D eigenvalue weighted by molar-refractivity contribution is 0.0734. The van der Waals surface area contributed by atoms with Crippen LogP contribution in [0.3, 0.4) is 0 Å². The van der Waals surface area contributed by atoms with Crippen molar-refractivity contribution in [1.82, 2.24) is 4.90 Å². The summed E-state index contributed by atoms with van der Waals surface area (Å²) in [6, 6.07) is 1.47. The van der Waals surface area contributed by atoms with Crippen LogP contribution in [0.15, 0.2) is 4.99 Å². The van der Waals surface area contributed by atoms with Crippen molar-refractivity contribution in [2.45, 2.75) is 78.4 Å². The molecule has 0 amide bonds. The monoisotopic (exact) mass is 254 g/mol. The zero-order valence-corrected chi connectivity index (χ0v) is 12.8. The number of hydrogen-bond acceptors (Lipinski definition) is 2. The molecule has 0 heterocycles. The highest BCUT2D eigenvalue weighted by Gasteiger charge is 2.26. The summed E-state index contributed by atoms with van der Waals surface area (Å²) in [5, 5.41) is 0. The highest BCUT2D eigenvalue weighted by Crippen LogP contribution is 2.24. The second kappa shape index (κ2) is 7.01. The van der Waals surface area contributed by atoms with Crippen LogP contribution in [-0.4, -0.2) is 35.7 Å². The molecule has 0 saturated heterocycles. The lowest BCUT2D eigenvalue weighted by Crippen LogP contribution is -2.45. The summed E-state index contributed by atoms with van der Waals surface area (Å²) in [5.74, 6) is 0. The third-order valence-corrected chi connectivity index (χ3v) is 3.29. The first-order chi connectivity index (χ1) is 8.48. The number of nitrogens with zero attached hydrogens (tertiary/aromatic N) is 2. The molecule has 0 N–H and O–H groups in total. The first-order valence-electron chi connectivity index (χ1n) is 7.48. The lowest BCUT2D eigenvalue weighted by atomic mass is 9.94. The maximum absolute atomic E-state index is 6.06. The number of rotatable bonds is 3. The average Bonchev–Trinajstić information content (AvgIpc) is 2.29. The number of hydrogen-bond donors (Lipinski definition) is 0. The Kier molecular flexibility index (Phi) is 5.97. The SMILES string of the molecule is CCN=C(OC(C)(C)C)N(CC)C1CCCCC1. The largest absolute Gasteiger partial charge is 0.459 e. The number of ether oxygens (including phenoxy) is 1. The van der Waals surface area contributed by atoms with Gasteiger partial charge in [-0.2, -0.15) is 0 Å². The molecule has 1 aliphatic carbocycles. The summed E-state index contributed by atoms with van der Waals surface area (Å²) in [7, 11) is 0. The van der Waals surface area contributed by atoms with Gasteiger partial charge in [-0.3, -0.25) is 0 Å². The second-order valence-electron chi connectivity index (χ2n) is 6.05. The third kappa shape index (κ3) is 4.87. The van der Waals surface area contributed by atoms with Crippen LogP contribution < -0.4 is 0 Å². The van der Waals surface area contributed by atoms with Gasteiger partial charge >= 0.3 is 0 Å². The Labute approximate surface area is 113 Å². The Morgan fingerprint density at radius 2 is 1.78 bits per heavy atom. The summed E-state index contributed by atoms with van der Waals surface area (Å²) < 4.78 is 6.06. The van der Waals surface area contributed by atoms with E-state index in [0.717, 1.165) is 19.1 Å². The second-order valence-corrected chi connectivity index (χ2v) is 6.05. The fraction of sp³-hybridized carbons (Fsp3) is 0.933. The molecule has 3 nitrogen and oxygen atoms in total. The van der Waals surface area contributed by atoms with Gasteiger partial charge in [-0.15, -0.1) is 0 Å². The molecule has 0 spiro atoms. The van der Waals surface area contributed by atoms with Crippen LogP contribution in [0.25, 0.3) is 0 Å². The van der Waals surface area contributed by atoms with Crippen LogP contribution in [0.1, 0.15) is 66.7 Å². The Balaban J connectivity index is 2.76. The summed E-state index contributed by atoms with van der Waals surface area (Å²) >= 11 is 0. The minimum atomic E-state index is -0.171. The summed E-state index contributed by atoms with van der Waals surface area (Å²) in [6.07, 6.45) is 6.63. The van der Waals surface area contributed by atoms with Gasteiger partial charge in [-0.05, 0) is 47.5 Å². The van der Waals surface area contributed by atoms with Gasteiger partial charge in [0.05, 0.1) is 0 Å². The molecule has 0 aliphatic heterocycles. The van der Waals surface area contributed by atoms with Crippen LogP contribution in [0.5, 0.6) is 0 Å². The first-order valence-corrected chi connectivity index (χ1v) is 7.48. The Morgan fingerprint density at radius 1 is 1.17 bits per heavy atom. The van der Waals surface area contributed by atoms with Crippen molar-refractivity contribution < 1.29 is 4.74 Å². The molecule has 3 heteroatoms. The van der Waals surface area contributed by atoms with Gasteiger partial charge < -0.3 is 9.64 Å². The smallest absolute Gasteiger partial charge is 0.288 e. The minimum Gasteiger partial charge on any atom is -0.459 e. The van der Waals surface area contributed by atoms with Crippen molar-refractivity contribution in [3.63, 3.8) is 0 Å². The predicted octanol–water partition coefficient (Wildman–Crippen LogP) is 3.83. The third-order valence-electron chi connectivity index (χ3n) is 3.29. The molecule has 0 bridgehead atoms. The van der Waals surface area contributed by atoms with Crippen molar-refractivity contribution in [3.05, 3.63) is 0 Å². The molecule has 0 unspecified atom stereocenters. The van der Waals surface area contributed by atoms with E-state index in [1.807, 2.05) is 0 Å². The standard InChI is InChI=1S/C15H30N2O/c1-6-16-14(18-15(3,4)5)17(7-2)13-11-9-8-10-12-13/h13H,6-12H2,1-5H3. The maximum Gasteiger partial charge on any atom is 0.288 e. The van der Waals surface area contributed by atoms with E-state index in [2.05, 4.69) is 44.5 Å². The van der Waals surface area contributed by atoms with E-state index in [1.54, 1.807) is 0 Å². The van der Waals surface area contributed by atoms with Gasteiger partial charge in [0.2, 0.25) is 0 Å². The van der Waals surface area contributed by atoms with Gasteiger partial charge in [0, 0.05) is 19.1 Å². The summed E-state index contributed by atoms with van der Waals surface area (Å²) in [6.45, 7) is 12.3. The molecule has 1 fully saturated rings. The summed E-state index contributed by atoms with van der Waals surface area (Å²) in [5.41, 5.74) is -0.171. The van der Waals surface area contributed by atoms with Crippen molar-refractivity contribution in [2.24, 2.45) is 4.99 Å². The van der Waals surface area contributed by atoms with Crippen LogP contribution in [0, 0.1) is 0 Å². The molecule has 0 aromatic carbocycles. The van der Waals surface area contributed by atoms with Gasteiger partial charge in [0.25, 0.3) is 6.02 Å². The van der Waals surface area contributed by atoms with Gasteiger partial charge in [-0.1, -0.05) is 19.3 Å². The van der Waals surface area contributed by atoms with Crippen LogP contribution in [0.4, 0.5) is 0 Å². The zero-order valence-electron chi connectivity index (χ0n) is 12.8. The van der Waals surface area contributed by atoms with Crippen LogP contribution >= 0.6 is 0 Å². The molecule has 106 valence electrons. The molecular weight excluding hydrogens is 224 g/mol. The zero-order chi connectivity index (χ0) is 13.6. The fourth-order valence-electron chi connectivity index (χ4n) is 2.53. The van der Waals surface area contributed by atoms with Gasteiger partial charge in [0.1, 0.15) is 5.60 Å². The Bertz CT molecular complexity index is 262. The molecule has 0 radical (unpaired) electrons. The van der Waals surface area contributed by atoms with Gasteiger partial charge in [-0.25, -0.2) is 4.99 Å². The Morgan fingerprint density at radius 3 is 2.22 bits per heavy atom. The fourth-order valence-corrected chi connectivity index (χ4v) is 2.53. The highest BCUT2D eigenvalue weighted by atomic mass is 16.5. The van der Waals surface area contributed by atoms with E-state index in [9.17, 15) is 0 Å².